The number of urea groups is 1. The Morgan fingerprint density at radius 3 is 2.50 bits per heavy atom. The Balaban J connectivity index is 1.59. The van der Waals surface area contributed by atoms with Gasteiger partial charge in [0.05, 0.1) is 5.69 Å². The number of hydrogen-bond donors (Lipinski definition) is 2. The molecule has 6 nitrogen and oxygen atoms in total. The molecular formula is C19H24N4O2S. The third-order valence-electron chi connectivity index (χ3n) is 4.79. The lowest BCUT2D eigenvalue weighted by Gasteiger charge is -2.29. The van der Waals surface area contributed by atoms with E-state index in [4.69, 9.17) is 5.73 Å². The molecular weight excluding hydrogens is 348 g/mol. The second kappa shape index (κ2) is 7.86. The highest BCUT2D eigenvalue weighted by atomic mass is 32.1. The van der Waals surface area contributed by atoms with Crippen molar-refractivity contribution in [3.63, 3.8) is 0 Å². The maximum Gasteiger partial charge on any atom is 0.314 e. The molecule has 1 aliphatic rings. The van der Waals surface area contributed by atoms with Crippen LogP contribution in [0.15, 0.2) is 24.3 Å². The largest absolute Gasteiger partial charge is 0.351 e. The first kappa shape index (κ1) is 18.4. The molecule has 0 aliphatic carbocycles. The zero-order valence-electron chi connectivity index (χ0n) is 15.1. The zero-order valence-corrected chi connectivity index (χ0v) is 15.9. The third kappa shape index (κ3) is 4.40. The summed E-state index contributed by atoms with van der Waals surface area (Å²) in [6, 6.07) is 8.04. The van der Waals surface area contributed by atoms with Crippen molar-refractivity contribution >= 4 is 28.4 Å². The SMILES string of the molecule is Cc1ccc(Cc2sc(NC(=O)C3CCN(C(N)=O)CC3)nc2C)cc1. The van der Waals surface area contributed by atoms with E-state index in [0.717, 1.165) is 17.0 Å². The zero-order chi connectivity index (χ0) is 18.7. The van der Waals surface area contributed by atoms with E-state index in [1.807, 2.05) is 6.92 Å². The number of anilines is 1. The predicted molar refractivity (Wildman–Crippen MR) is 103 cm³/mol. The van der Waals surface area contributed by atoms with E-state index in [1.54, 1.807) is 4.90 Å². The van der Waals surface area contributed by atoms with Crippen LogP contribution < -0.4 is 11.1 Å². The normalized spacial score (nSPS) is 15.1. The number of likely N-dealkylation sites (tertiary alicyclic amines) is 1. The molecule has 26 heavy (non-hydrogen) atoms. The number of carbonyl (C=O) groups excluding carboxylic acids is 2. The average molecular weight is 372 g/mol. The summed E-state index contributed by atoms with van der Waals surface area (Å²) in [6.07, 6.45) is 2.08. The fourth-order valence-electron chi connectivity index (χ4n) is 3.11. The lowest BCUT2D eigenvalue weighted by atomic mass is 9.96. The van der Waals surface area contributed by atoms with Crippen molar-refractivity contribution in [2.24, 2.45) is 11.7 Å². The fourth-order valence-corrected chi connectivity index (χ4v) is 4.11. The van der Waals surface area contributed by atoms with Gasteiger partial charge in [-0.25, -0.2) is 9.78 Å². The Bertz CT molecular complexity index is 792. The number of nitrogens with one attached hydrogen (secondary N) is 1. The van der Waals surface area contributed by atoms with Crippen molar-refractivity contribution in [3.05, 3.63) is 46.0 Å². The van der Waals surface area contributed by atoms with Crippen molar-refractivity contribution in [1.82, 2.24) is 9.88 Å². The van der Waals surface area contributed by atoms with Crippen LogP contribution in [0, 0.1) is 19.8 Å². The minimum Gasteiger partial charge on any atom is -0.351 e. The van der Waals surface area contributed by atoms with Crippen LogP contribution >= 0.6 is 11.3 Å². The van der Waals surface area contributed by atoms with Crippen LogP contribution in [0.1, 0.15) is 34.5 Å². The lowest BCUT2D eigenvalue weighted by Crippen LogP contribution is -2.43. The molecule has 1 saturated heterocycles. The Kier molecular flexibility index (Phi) is 5.56. The number of rotatable bonds is 4. The van der Waals surface area contributed by atoms with Gasteiger partial charge in [-0.05, 0) is 32.3 Å². The van der Waals surface area contributed by atoms with E-state index in [2.05, 4.69) is 41.5 Å². The molecule has 138 valence electrons. The molecule has 0 spiro atoms. The van der Waals surface area contributed by atoms with Gasteiger partial charge in [0, 0.05) is 30.3 Å². The molecule has 3 amide bonds. The maximum absolute atomic E-state index is 12.5. The average Bonchev–Trinajstić information content (AvgIpc) is 2.96. The standard InChI is InChI=1S/C19H24N4O2S/c1-12-3-5-14(6-4-12)11-16-13(2)21-19(26-16)22-17(24)15-7-9-23(10-8-15)18(20)25/h3-6,15H,7-11H2,1-2H3,(H2,20,25)(H,21,22,24). The molecule has 7 heteroatoms. The van der Waals surface area contributed by atoms with Gasteiger partial charge in [-0.3, -0.25) is 4.79 Å². The number of hydrogen-bond acceptors (Lipinski definition) is 4. The topological polar surface area (TPSA) is 88.3 Å². The lowest BCUT2D eigenvalue weighted by molar-refractivity contribution is -0.121. The molecule has 1 fully saturated rings. The summed E-state index contributed by atoms with van der Waals surface area (Å²) in [7, 11) is 0. The molecule has 3 N–H and O–H groups in total. The Morgan fingerprint density at radius 1 is 1.23 bits per heavy atom. The van der Waals surface area contributed by atoms with Crippen molar-refractivity contribution in [3.8, 4) is 0 Å². The quantitative estimate of drug-likeness (QED) is 0.864. The van der Waals surface area contributed by atoms with Gasteiger partial charge in [0.25, 0.3) is 0 Å². The smallest absolute Gasteiger partial charge is 0.314 e. The highest BCUT2D eigenvalue weighted by Crippen LogP contribution is 2.27. The number of aromatic nitrogens is 1. The van der Waals surface area contributed by atoms with Gasteiger partial charge >= 0.3 is 6.03 Å². The van der Waals surface area contributed by atoms with Crippen LogP contribution in [0.25, 0.3) is 0 Å². The summed E-state index contributed by atoms with van der Waals surface area (Å²) < 4.78 is 0. The van der Waals surface area contributed by atoms with E-state index in [9.17, 15) is 9.59 Å². The molecule has 0 unspecified atom stereocenters. The number of nitrogens with zero attached hydrogens (tertiary/aromatic N) is 2. The third-order valence-corrected chi connectivity index (χ3v) is 5.86. The monoisotopic (exact) mass is 372 g/mol. The van der Waals surface area contributed by atoms with E-state index in [1.165, 1.54) is 22.5 Å². The Hall–Kier alpha value is -2.41. The van der Waals surface area contributed by atoms with E-state index in [-0.39, 0.29) is 11.8 Å². The molecule has 0 atom stereocenters. The van der Waals surface area contributed by atoms with Crippen molar-refractivity contribution < 1.29 is 9.59 Å². The van der Waals surface area contributed by atoms with Gasteiger partial charge in [0.1, 0.15) is 0 Å². The van der Waals surface area contributed by atoms with Crippen molar-refractivity contribution in [2.75, 3.05) is 18.4 Å². The summed E-state index contributed by atoms with van der Waals surface area (Å²) in [5.41, 5.74) is 8.71. The molecule has 2 aromatic rings. The maximum atomic E-state index is 12.5. The number of aryl methyl sites for hydroxylation is 2. The number of amides is 3. The molecule has 1 aromatic heterocycles. The van der Waals surface area contributed by atoms with E-state index < -0.39 is 6.03 Å². The summed E-state index contributed by atoms with van der Waals surface area (Å²) in [6.45, 7) is 5.11. The second-order valence-electron chi connectivity index (χ2n) is 6.78. The first-order valence-corrected chi connectivity index (χ1v) is 9.61. The van der Waals surface area contributed by atoms with Crippen molar-refractivity contribution in [2.45, 2.75) is 33.1 Å². The minimum atomic E-state index is -0.417. The van der Waals surface area contributed by atoms with Gasteiger partial charge in [0.2, 0.25) is 5.91 Å². The number of piperidine rings is 1. The van der Waals surface area contributed by atoms with Gasteiger partial charge < -0.3 is 16.0 Å². The summed E-state index contributed by atoms with van der Waals surface area (Å²) in [4.78, 5) is 30.9. The number of thiazole rings is 1. The van der Waals surface area contributed by atoms with Gasteiger partial charge in [-0.15, -0.1) is 11.3 Å². The predicted octanol–water partition coefficient (Wildman–Crippen LogP) is 3.08. The van der Waals surface area contributed by atoms with Crippen LogP contribution in [-0.4, -0.2) is 34.9 Å². The molecule has 0 saturated carbocycles. The fraction of sp³-hybridized carbons (Fsp3) is 0.421. The van der Waals surface area contributed by atoms with E-state index in [0.29, 0.717) is 31.1 Å². The number of carbonyl (C=O) groups is 2. The molecule has 0 bridgehead atoms. The molecule has 3 rings (SSSR count). The highest BCUT2D eigenvalue weighted by Gasteiger charge is 2.27. The summed E-state index contributed by atoms with van der Waals surface area (Å²) >= 11 is 1.53. The first-order valence-electron chi connectivity index (χ1n) is 8.79. The number of nitrogens with two attached hydrogens (primary N) is 1. The van der Waals surface area contributed by atoms with Crippen LogP contribution in [0.5, 0.6) is 0 Å². The van der Waals surface area contributed by atoms with Gasteiger partial charge in [0.15, 0.2) is 5.13 Å². The molecule has 1 aromatic carbocycles. The number of benzene rings is 1. The van der Waals surface area contributed by atoms with Crippen molar-refractivity contribution in [1.29, 1.82) is 0 Å². The minimum absolute atomic E-state index is 0.0234. The van der Waals surface area contributed by atoms with Crippen LogP contribution in [0.2, 0.25) is 0 Å². The number of primary amides is 1. The van der Waals surface area contributed by atoms with Gasteiger partial charge in [-0.2, -0.15) is 0 Å². The van der Waals surface area contributed by atoms with Crippen LogP contribution in [-0.2, 0) is 11.2 Å². The highest BCUT2D eigenvalue weighted by molar-refractivity contribution is 7.15. The van der Waals surface area contributed by atoms with E-state index >= 15 is 0 Å². The molecule has 0 radical (unpaired) electrons. The Morgan fingerprint density at radius 2 is 1.88 bits per heavy atom. The summed E-state index contributed by atoms with van der Waals surface area (Å²) in [5, 5.41) is 3.59. The van der Waals surface area contributed by atoms with Gasteiger partial charge in [-0.1, -0.05) is 29.8 Å². The first-order chi connectivity index (χ1) is 12.4. The Labute approximate surface area is 157 Å². The van der Waals surface area contributed by atoms with Crippen LogP contribution in [0.4, 0.5) is 9.93 Å². The molecule has 1 aliphatic heterocycles. The molecule has 2 heterocycles. The van der Waals surface area contributed by atoms with Crippen LogP contribution in [0.3, 0.4) is 0 Å². The second-order valence-corrected chi connectivity index (χ2v) is 7.86. The summed E-state index contributed by atoms with van der Waals surface area (Å²) in [5.74, 6) is -0.125.